The summed E-state index contributed by atoms with van der Waals surface area (Å²) in [5.74, 6) is 1.05. The van der Waals surface area contributed by atoms with Crippen LogP contribution in [0.3, 0.4) is 0 Å². The minimum absolute atomic E-state index is 0.100. The van der Waals surface area contributed by atoms with Crippen molar-refractivity contribution in [2.75, 3.05) is 13.1 Å². The lowest BCUT2D eigenvalue weighted by Gasteiger charge is -2.16. The predicted molar refractivity (Wildman–Crippen MR) is 101 cm³/mol. The normalized spacial score (nSPS) is 15.7. The molecule has 1 saturated carbocycles. The Morgan fingerprint density at radius 1 is 1.12 bits per heavy atom. The van der Waals surface area contributed by atoms with Crippen LogP contribution in [0.1, 0.15) is 40.9 Å². The SMILES string of the molecule is O=C(NCCNC(=O)C1CCCC1)c1cc2c(s1)-c1ccccc1OC2. The molecule has 4 rings (SSSR count). The first-order chi connectivity index (χ1) is 12.7. The molecule has 2 amide bonds. The van der Waals surface area contributed by atoms with Gasteiger partial charge in [0, 0.05) is 35.0 Å². The lowest BCUT2D eigenvalue weighted by atomic mass is 10.1. The Kier molecular flexibility index (Phi) is 4.93. The zero-order chi connectivity index (χ0) is 17.9. The van der Waals surface area contributed by atoms with E-state index in [-0.39, 0.29) is 17.7 Å². The number of rotatable bonds is 5. The van der Waals surface area contributed by atoms with Crippen LogP contribution < -0.4 is 15.4 Å². The highest BCUT2D eigenvalue weighted by Crippen LogP contribution is 2.42. The number of fused-ring (bicyclic) bond motifs is 3. The summed E-state index contributed by atoms with van der Waals surface area (Å²) in [5, 5.41) is 5.82. The monoisotopic (exact) mass is 370 g/mol. The lowest BCUT2D eigenvalue weighted by molar-refractivity contribution is -0.124. The third-order valence-electron chi connectivity index (χ3n) is 4.98. The van der Waals surface area contributed by atoms with Crippen LogP contribution in [0.2, 0.25) is 0 Å². The number of amides is 2. The van der Waals surface area contributed by atoms with E-state index in [0.29, 0.717) is 24.6 Å². The van der Waals surface area contributed by atoms with Gasteiger partial charge in [-0.3, -0.25) is 9.59 Å². The van der Waals surface area contributed by atoms with Gasteiger partial charge in [-0.25, -0.2) is 0 Å². The second kappa shape index (κ2) is 7.50. The first-order valence-electron chi connectivity index (χ1n) is 9.13. The highest BCUT2D eigenvalue weighted by molar-refractivity contribution is 7.17. The molecule has 5 nitrogen and oxygen atoms in total. The molecule has 0 unspecified atom stereocenters. The van der Waals surface area contributed by atoms with Crippen LogP contribution >= 0.6 is 11.3 Å². The Hall–Kier alpha value is -2.34. The van der Waals surface area contributed by atoms with Gasteiger partial charge in [0.1, 0.15) is 12.4 Å². The number of ether oxygens (including phenoxy) is 1. The summed E-state index contributed by atoms with van der Waals surface area (Å²) in [7, 11) is 0. The van der Waals surface area contributed by atoms with E-state index in [9.17, 15) is 9.59 Å². The lowest BCUT2D eigenvalue weighted by Crippen LogP contribution is -2.36. The number of para-hydroxylation sites is 1. The molecule has 0 atom stereocenters. The van der Waals surface area contributed by atoms with Gasteiger partial charge >= 0.3 is 0 Å². The van der Waals surface area contributed by atoms with Gasteiger partial charge in [-0.1, -0.05) is 25.0 Å². The molecule has 1 aromatic carbocycles. The number of hydrogen-bond acceptors (Lipinski definition) is 4. The molecular formula is C20H22N2O3S. The summed E-state index contributed by atoms with van der Waals surface area (Å²) in [4.78, 5) is 26.2. The molecule has 136 valence electrons. The summed E-state index contributed by atoms with van der Waals surface area (Å²) in [6.07, 6.45) is 4.26. The summed E-state index contributed by atoms with van der Waals surface area (Å²) in [6, 6.07) is 9.80. The van der Waals surface area contributed by atoms with Crippen LogP contribution in [0.4, 0.5) is 0 Å². The molecule has 1 aliphatic carbocycles. The molecule has 26 heavy (non-hydrogen) atoms. The zero-order valence-electron chi connectivity index (χ0n) is 14.5. The smallest absolute Gasteiger partial charge is 0.261 e. The predicted octanol–water partition coefficient (Wildman–Crippen LogP) is 3.34. The van der Waals surface area contributed by atoms with Gasteiger partial charge in [0.25, 0.3) is 5.91 Å². The van der Waals surface area contributed by atoms with Crippen LogP contribution in [0.15, 0.2) is 30.3 Å². The van der Waals surface area contributed by atoms with Crippen molar-refractivity contribution in [3.63, 3.8) is 0 Å². The van der Waals surface area contributed by atoms with Crippen molar-refractivity contribution < 1.29 is 14.3 Å². The molecular weight excluding hydrogens is 348 g/mol. The molecule has 2 aliphatic rings. The number of benzene rings is 1. The molecule has 1 fully saturated rings. The number of thiophene rings is 1. The molecule has 0 bridgehead atoms. The Morgan fingerprint density at radius 3 is 2.73 bits per heavy atom. The van der Waals surface area contributed by atoms with Crippen molar-refractivity contribution in [1.29, 1.82) is 0 Å². The van der Waals surface area contributed by atoms with E-state index in [2.05, 4.69) is 10.6 Å². The van der Waals surface area contributed by atoms with Crippen molar-refractivity contribution in [3.8, 4) is 16.2 Å². The summed E-state index contributed by atoms with van der Waals surface area (Å²) in [5.41, 5.74) is 2.09. The van der Waals surface area contributed by atoms with Crippen LogP contribution in [-0.4, -0.2) is 24.9 Å². The van der Waals surface area contributed by atoms with Crippen LogP contribution in [0, 0.1) is 5.92 Å². The molecule has 1 aliphatic heterocycles. The molecule has 2 N–H and O–H groups in total. The van der Waals surface area contributed by atoms with Crippen LogP contribution in [0.5, 0.6) is 5.75 Å². The van der Waals surface area contributed by atoms with E-state index in [1.54, 1.807) is 0 Å². The number of carbonyl (C=O) groups excluding carboxylic acids is 2. The maximum Gasteiger partial charge on any atom is 0.261 e. The van der Waals surface area contributed by atoms with Crippen molar-refractivity contribution in [2.24, 2.45) is 5.92 Å². The molecule has 1 aromatic heterocycles. The highest BCUT2D eigenvalue weighted by Gasteiger charge is 2.23. The highest BCUT2D eigenvalue weighted by atomic mass is 32.1. The van der Waals surface area contributed by atoms with Gasteiger partial charge in [-0.05, 0) is 31.0 Å². The Bertz CT molecular complexity index is 824. The molecule has 2 aromatic rings. The van der Waals surface area contributed by atoms with E-state index in [0.717, 1.165) is 47.4 Å². The topological polar surface area (TPSA) is 67.4 Å². The third-order valence-corrected chi connectivity index (χ3v) is 6.19. The molecule has 0 spiro atoms. The van der Waals surface area contributed by atoms with Gasteiger partial charge in [0.15, 0.2) is 0 Å². The maximum atomic E-state index is 12.4. The van der Waals surface area contributed by atoms with Crippen LogP contribution in [-0.2, 0) is 11.4 Å². The first-order valence-corrected chi connectivity index (χ1v) is 9.95. The van der Waals surface area contributed by atoms with E-state index >= 15 is 0 Å². The number of hydrogen-bond donors (Lipinski definition) is 2. The summed E-state index contributed by atoms with van der Waals surface area (Å²) >= 11 is 1.49. The molecule has 0 saturated heterocycles. The largest absolute Gasteiger partial charge is 0.488 e. The number of carbonyl (C=O) groups is 2. The minimum atomic E-state index is -0.100. The fourth-order valence-corrected chi connectivity index (χ4v) is 4.71. The molecule has 6 heteroatoms. The standard InChI is InChI=1S/C20H22N2O3S/c23-19(13-5-1-2-6-13)21-9-10-22-20(24)17-11-14-12-25-16-8-4-3-7-15(16)18(14)26-17/h3-4,7-8,11,13H,1-2,5-6,9-10,12H2,(H,21,23)(H,22,24). The minimum Gasteiger partial charge on any atom is -0.488 e. The Balaban J connectivity index is 1.32. The van der Waals surface area contributed by atoms with Gasteiger partial charge in [0.05, 0.1) is 4.88 Å². The average molecular weight is 370 g/mol. The van der Waals surface area contributed by atoms with E-state index in [4.69, 9.17) is 4.74 Å². The first kappa shape index (κ1) is 17.1. The summed E-state index contributed by atoms with van der Waals surface area (Å²) in [6.45, 7) is 1.40. The fourth-order valence-electron chi connectivity index (χ4n) is 3.59. The van der Waals surface area contributed by atoms with Gasteiger partial charge in [-0.15, -0.1) is 11.3 Å². The maximum absolute atomic E-state index is 12.4. The Labute approximate surface area is 156 Å². The molecule has 2 heterocycles. The van der Waals surface area contributed by atoms with Crippen LogP contribution in [0.25, 0.3) is 10.4 Å². The summed E-state index contributed by atoms with van der Waals surface area (Å²) < 4.78 is 5.74. The average Bonchev–Trinajstić information content (AvgIpc) is 3.34. The van der Waals surface area contributed by atoms with Crippen molar-refractivity contribution >= 4 is 23.2 Å². The van der Waals surface area contributed by atoms with Crippen molar-refractivity contribution in [3.05, 3.63) is 40.8 Å². The second-order valence-corrected chi connectivity index (χ2v) is 7.83. The van der Waals surface area contributed by atoms with Crippen molar-refractivity contribution in [2.45, 2.75) is 32.3 Å². The third kappa shape index (κ3) is 3.46. The number of nitrogens with one attached hydrogen (secondary N) is 2. The van der Waals surface area contributed by atoms with Gasteiger partial charge in [-0.2, -0.15) is 0 Å². The van der Waals surface area contributed by atoms with Gasteiger partial charge in [0.2, 0.25) is 5.91 Å². The fraction of sp³-hybridized carbons (Fsp3) is 0.400. The van der Waals surface area contributed by atoms with Crippen molar-refractivity contribution in [1.82, 2.24) is 10.6 Å². The second-order valence-electron chi connectivity index (χ2n) is 6.78. The van der Waals surface area contributed by atoms with E-state index < -0.39 is 0 Å². The van der Waals surface area contributed by atoms with E-state index in [1.807, 2.05) is 30.3 Å². The quantitative estimate of drug-likeness (QED) is 0.793. The molecule has 0 radical (unpaired) electrons. The zero-order valence-corrected chi connectivity index (χ0v) is 15.4. The Morgan fingerprint density at radius 2 is 1.88 bits per heavy atom. The van der Waals surface area contributed by atoms with Gasteiger partial charge < -0.3 is 15.4 Å². The van der Waals surface area contributed by atoms with E-state index in [1.165, 1.54) is 11.3 Å².